The molecule has 26 heavy (non-hydrogen) atoms. The molecule has 2 aliphatic rings. The topological polar surface area (TPSA) is 59.8 Å². The molecule has 1 aliphatic heterocycles. The highest BCUT2D eigenvalue weighted by Gasteiger charge is 2.30. The van der Waals surface area contributed by atoms with Crippen LogP contribution in [-0.2, 0) is 19.4 Å². The van der Waals surface area contributed by atoms with Crippen LogP contribution < -0.4 is 5.32 Å². The third-order valence-electron chi connectivity index (χ3n) is 5.03. The molecule has 1 aromatic carbocycles. The number of rotatable bonds is 2. The molecule has 0 fully saturated rings. The van der Waals surface area contributed by atoms with Gasteiger partial charge in [0.25, 0.3) is 5.91 Å². The molecule has 0 saturated heterocycles. The van der Waals surface area contributed by atoms with E-state index < -0.39 is 0 Å². The summed E-state index contributed by atoms with van der Waals surface area (Å²) in [6.45, 7) is 1.37. The summed E-state index contributed by atoms with van der Waals surface area (Å²) in [5.41, 5.74) is 7.08. The molecule has 0 atom stereocenters. The SMILES string of the molecule is O=C1NCCn2nc3c(c21)CCc1cnc(C=Cc2ccccc2)cc1-3. The van der Waals surface area contributed by atoms with E-state index >= 15 is 0 Å². The van der Waals surface area contributed by atoms with Crippen molar-refractivity contribution in [3.63, 3.8) is 0 Å². The molecule has 0 bridgehead atoms. The average molecular weight is 342 g/mol. The zero-order valence-electron chi connectivity index (χ0n) is 14.3. The number of nitrogens with one attached hydrogen (secondary N) is 1. The van der Waals surface area contributed by atoms with Crippen LogP contribution in [0.25, 0.3) is 23.4 Å². The zero-order chi connectivity index (χ0) is 17.5. The lowest BCUT2D eigenvalue weighted by atomic mass is 9.89. The molecule has 2 aromatic heterocycles. The number of carbonyl (C=O) groups is 1. The number of aromatic nitrogens is 3. The lowest BCUT2D eigenvalue weighted by Crippen LogP contribution is -2.36. The quantitative estimate of drug-likeness (QED) is 0.779. The number of amides is 1. The van der Waals surface area contributed by atoms with Crippen molar-refractivity contribution in [2.75, 3.05) is 6.54 Å². The highest BCUT2D eigenvalue weighted by Crippen LogP contribution is 2.35. The smallest absolute Gasteiger partial charge is 0.269 e. The maximum atomic E-state index is 12.3. The molecule has 0 radical (unpaired) electrons. The van der Waals surface area contributed by atoms with Crippen LogP contribution in [0.2, 0.25) is 0 Å². The van der Waals surface area contributed by atoms with Crippen LogP contribution in [0.15, 0.2) is 42.6 Å². The minimum Gasteiger partial charge on any atom is -0.349 e. The van der Waals surface area contributed by atoms with Crippen molar-refractivity contribution in [1.82, 2.24) is 20.1 Å². The van der Waals surface area contributed by atoms with E-state index in [0.29, 0.717) is 6.54 Å². The summed E-state index contributed by atoms with van der Waals surface area (Å²) >= 11 is 0. The maximum Gasteiger partial charge on any atom is 0.269 e. The zero-order valence-corrected chi connectivity index (χ0v) is 14.3. The van der Waals surface area contributed by atoms with Gasteiger partial charge in [-0.1, -0.05) is 36.4 Å². The Bertz CT molecular complexity index is 1030. The summed E-state index contributed by atoms with van der Waals surface area (Å²) < 4.78 is 1.86. The molecule has 1 N–H and O–H groups in total. The van der Waals surface area contributed by atoms with Crippen molar-refractivity contribution in [2.24, 2.45) is 0 Å². The number of benzene rings is 1. The minimum absolute atomic E-state index is 0.00768. The van der Waals surface area contributed by atoms with Crippen LogP contribution in [0.5, 0.6) is 0 Å². The highest BCUT2D eigenvalue weighted by atomic mass is 16.2. The van der Waals surface area contributed by atoms with Crippen LogP contribution in [-0.4, -0.2) is 27.2 Å². The van der Waals surface area contributed by atoms with E-state index in [1.165, 1.54) is 5.56 Å². The van der Waals surface area contributed by atoms with Gasteiger partial charge in [0.15, 0.2) is 0 Å². The van der Waals surface area contributed by atoms with E-state index in [2.05, 4.69) is 34.6 Å². The molecule has 5 nitrogen and oxygen atoms in total. The molecule has 5 rings (SSSR count). The van der Waals surface area contributed by atoms with Crippen molar-refractivity contribution in [2.45, 2.75) is 19.4 Å². The number of pyridine rings is 1. The fourth-order valence-corrected chi connectivity index (χ4v) is 3.74. The number of hydrogen-bond donors (Lipinski definition) is 1. The standard InChI is InChI=1S/C21H18N4O/c26-21-20-17-9-7-15-13-23-16(8-6-14-4-2-1-3-5-14)12-18(15)19(17)24-25(20)11-10-22-21/h1-6,8,12-13H,7,9-11H2,(H,22,26). The molecule has 0 spiro atoms. The molecule has 5 heteroatoms. The van der Waals surface area contributed by atoms with E-state index in [1.54, 1.807) is 0 Å². The Labute approximate surface area is 151 Å². The van der Waals surface area contributed by atoms with Crippen molar-refractivity contribution in [3.05, 3.63) is 70.7 Å². The molecule has 3 aromatic rings. The number of carbonyl (C=O) groups excluding carboxylic acids is 1. The second-order valence-corrected chi connectivity index (χ2v) is 6.67. The van der Waals surface area contributed by atoms with Gasteiger partial charge in [-0.05, 0) is 36.1 Å². The Morgan fingerprint density at radius 1 is 1.12 bits per heavy atom. The van der Waals surface area contributed by atoms with Crippen molar-refractivity contribution < 1.29 is 4.79 Å². The number of fused-ring (bicyclic) bond motifs is 5. The molecule has 0 unspecified atom stereocenters. The Kier molecular flexibility index (Phi) is 3.45. The van der Waals surface area contributed by atoms with Crippen molar-refractivity contribution in [3.8, 4) is 11.3 Å². The molecule has 128 valence electrons. The second-order valence-electron chi connectivity index (χ2n) is 6.67. The lowest BCUT2D eigenvalue weighted by molar-refractivity contribution is 0.0923. The monoisotopic (exact) mass is 342 g/mol. The van der Waals surface area contributed by atoms with Gasteiger partial charge in [-0.3, -0.25) is 14.5 Å². The van der Waals surface area contributed by atoms with E-state index in [9.17, 15) is 4.79 Å². The van der Waals surface area contributed by atoms with Gasteiger partial charge >= 0.3 is 0 Å². The predicted molar refractivity (Wildman–Crippen MR) is 101 cm³/mol. The summed E-state index contributed by atoms with van der Waals surface area (Å²) in [7, 11) is 0. The van der Waals surface area contributed by atoms with Gasteiger partial charge in [-0.2, -0.15) is 5.10 Å². The van der Waals surface area contributed by atoms with E-state index in [-0.39, 0.29) is 5.91 Å². The number of aryl methyl sites for hydroxylation is 1. The first-order chi connectivity index (χ1) is 12.8. The lowest BCUT2D eigenvalue weighted by Gasteiger charge is -2.17. The minimum atomic E-state index is -0.00768. The van der Waals surface area contributed by atoms with Gasteiger partial charge in [0, 0.05) is 23.9 Å². The summed E-state index contributed by atoms with van der Waals surface area (Å²) in [5.74, 6) is -0.00768. The van der Waals surface area contributed by atoms with E-state index in [4.69, 9.17) is 5.10 Å². The Morgan fingerprint density at radius 3 is 2.88 bits per heavy atom. The van der Waals surface area contributed by atoms with Gasteiger partial charge in [0.05, 0.1) is 17.9 Å². The van der Waals surface area contributed by atoms with Crippen LogP contribution in [0.1, 0.15) is 32.9 Å². The Hall–Kier alpha value is -3.21. The van der Waals surface area contributed by atoms with Gasteiger partial charge in [-0.25, -0.2) is 0 Å². The Balaban J connectivity index is 1.56. The van der Waals surface area contributed by atoms with E-state index in [1.807, 2.05) is 35.2 Å². The molecular weight excluding hydrogens is 324 g/mol. The number of hydrogen-bond acceptors (Lipinski definition) is 3. The average Bonchev–Trinajstić information content (AvgIpc) is 3.07. The maximum absolute atomic E-state index is 12.3. The third-order valence-corrected chi connectivity index (χ3v) is 5.03. The van der Waals surface area contributed by atoms with Crippen molar-refractivity contribution in [1.29, 1.82) is 0 Å². The van der Waals surface area contributed by atoms with Gasteiger partial charge < -0.3 is 5.32 Å². The summed E-state index contributed by atoms with van der Waals surface area (Å²) in [6.07, 6.45) is 7.76. The van der Waals surface area contributed by atoms with Gasteiger partial charge in [-0.15, -0.1) is 0 Å². The molecule has 1 amide bonds. The molecular formula is C21H18N4O. The predicted octanol–water partition coefficient (Wildman–Crippen LogP) is 2.96. The van der Waals surface area contributed by atoms with Crippen LogP contribution in [0, 0.1) is 0 Å². The molecule has 3 heterocycles. The van der Waals surface area contributed by atoms with Crippen molar-refractivity contribution >= 4 is 18.1 Å². The van der Waals surface area contributed by atoms with E-state index in [0.717, 1.165) is 53.2 Å². The largest absolute Gasteiger partial charge is 0.349 e. The van der Waals surface area contributed by atoms with Gasteiger partial charge in [0.2, 0.25) is 0 Å². The summed E-state index contributed by atoms with van der Waals surface area (Å²) in [4.78, 5) is 16.8. The first-order valence-corrected chi connectivity index (χ1v) is 8.90. The Morgan fingerprint density at radius 2 is 2.00 bits per heavy atom. The fourth-order valence-electron chi connectivity index (χ4n) is 3.74. The second kappa shape index (κ2) is 5.95. The summed E-state index contributed by atoms with van der Waals surface area (Å²) in [6, 6.07) is 12.3. The van der Waals surface area contributed by atoms with Crippen LogP contribution in [0.3, 0.4) is 0 Å². The first kappa shape index (κ1) is 15.1. The first-order valence-electron chi connectivity index (χ1n) is 8.90. The molecule has 0 saturated carbocycles. The fraction of sp³-hybridized carbons (Fsp3) is 0.190. The van der Waals surface area contributed by atoms with Crippen LogP contribution >= 0.6 is 0 Å². The highest BCUT2D eigenvalue weighted by molar-refractivity contribution is 5.97. The third kappa shape index (κ3) is 2.44. The van der Waals surface area contributed by atoms with Gasteiger partial charge in [0.1, 0.15) is 5.69 Å². The summed E-state index contributed by atoms with van der Waals surface area (Å²) in [5, 5.41) is 7.67. The number of nitrogens with zero attached hydrogens (tertiary/aromatic N) is 3. The normalized spacial score (nSPS) is 15.3. The molecule has 1 aliphatic carbocycles. The van der Waals surface area contributed by atoms with Crippen LogP contribution in [0.4, 0.5) is 0 Å².